The highest BCUT2D eigenvalue weighted by molar-refractivity contribution is 5.95. The molecule has 4 aromatic rings. The monoisotopic (exact) mass is 431 g/mol. The summed E-state index contributed by atoms with van der Waals surface area (Å²) in [5, 5.41) is 17.6. The van der Waals surface area contributed by atoms with Gasteiger partial charge in [0.2, 0.25) is 0 Å². The number of carboxylic acid groups (broad SMARTS) is 1. The summed E-state index contributed by atoms with van der Waals surface area (Å²) in [6.07, 6.45) is 0. The molecule has 0 saturated heterocycles. The van der Waals surface area contributed by atoms with Crippen molar-refractivity contribution in [2.75, 3.05) is 12.4 Å². The van der Waals surface area contributed by atoms with Gasteiger partial charge in [-0.2, -0.15) is 5.10 Å². The SMILES string of the molecule is COc1ccc(Nc2cc(-c3ccc(F)cc3)nn2-c2cc(C)ccc2C)c(C(=O)O)c1. The highest BCUT2D eigenvalue weighted by Gasteiger charge is 2.17. The molecule has 7 heteroatoms. The summed E-state index contributed by atoms with van der Waals surface area (Å²) in [5.41, 5.74) is 4.75. The van der Waals surface area contributed by atoms with Gasteiger partial charge in [-0.15, -0.1) is 0 Å². The second-order valence-electron chi connectivity index (χ2n) is 7.47. The van der Waals surface area contributed by atoms with Crippen molar-refractivity contribution in [2.45, 2.75) is 13.8 Å². The van der Waals surface area contributed by atoms with Gasteiger partial charge in [0.15, 0.2) is 0 Å². The number of rotatable bonds is 6. The second-order valence-corrected chi connectivity index (χ2v) is 7.47. The summed E-state index contributed by atoms with van der Waals surface area (Å²) in [5.74, 6) is -0.387. The number of aromatic carboxylic acids is 1. The Morgan fingerprint density at radius 3 is 2.47 bits per heavy atom. The van der Waals surface area contributed by atoms with Crippen LogP contribution in [0, 0.1) is 19.7 Å². The molecule has 1 heterocycles. The minimum Gasteiger partial charge on any atom is -0.497 e. The van der Waals surface area contributed by atoms with Crippen LogP contribution in [0.4, 0.5) is 15.9 Å². The Morgan fingerprint density at radius 1 is 1.03 bits per heavy atom. The topological polar surface area (TPSA) is 76.4 Å². The van der Waals surface area contributed by atoms with Crippen LogP contribution >= 0.6 is 0 Å². The van der Waals surface area contributed by atoms with Crippen LogP contribution in [0.15, 0.2) is 66.7 Å². The van der Waals surface area contributed by atoms with Crippen LogP contribution < -0.4 is 10.1 Å². The Hall–Kier alpha value is -4.13. The van der Waals surface area contributed by atoms with Gasteiger partial charge in [0.05, 0.1) is 29.7 Å². The molecule has 0 spiro atoms. The molecule has 32 heavy (non-hydrogen) atoms. The summed E-state index contributed by atoms with van der Waals surface area (Å²) in [6.45, 7) is 3.97. The van der Waals surface area contributed by atoms with E-state index in [9.17, 15) is 14.3 Å². The molecule has 0 radical (unpaired) electrons. The molecule has 0 aliphatic carbocycles. The number of methoxy groups -OCH3 is 1. The maximum absolute atomic E-state index is 13.4. The van der Waals surface area contributed by atoms with Crippen LogP contribution in [0.3, 0.4) is 0 Å². The van der Waals surface area contributed by atoms with Crippen LogP contribution in [0.5, 0.6) is 5.75 Å². The van der Waals surface area contributed by atoms with Crippen molar-refractivity contribution in [1.82, 2.24) is 9.78 Å². The van der Waals surface area contributed by atoms with E-state index in [0.717, 1.165) is 22.4 Å². The standard InChI is InChI=1S/C25H22FN3O3/c1-15-4-5-16(2)23(12-15)29-24(14-22(28-29)17-6-8-18(26)9-7-17)27-21-11-10-19(32-3)13-20(21)25(30)31/h4-14,27H,1-3H3,(H,30,31). The molecule has 0 fully saturated rings. The molecule has 4 rings (SSSR count). The number of halogens is 1. The number of nitrogens with zero attached hydrogens (tertiary/aromatic N) is 2. The number of nitrogens with one attached hydrogen (secondary N) is 1. The first kappa shape index (κ1) is 21.1. The number of hydrogen-bond donors (Lipinski definition) is 2. The van der Waals surface area contributed by atoms with Gasteiger partial charge in [0.1, 0.15) is 17.4 Å². The van der Waals surface area contributed by atoms with Crippen molar-refractivity contribution in [2.24, 2.45) is 0 Å². The first-order valence-electron chi connectivity index (χ1n) is 9.97. The zero-order chi connectivity index (χ0) is 22.8. The minimum absolute atomic E-state index is 0.0707. The Balaban J connectivity index is 1.86. The number of aromatic nitrogens is 2. The third-order valence-electron chi connectivity index (χ3n) is 5.16. The first-order chi connectivity index (χ1) is 15.4. The van der Waals surface area contributed by atoms with E-state index in [1.165, 1.54) is 25.3 Å². The van der Waals surface area contributed by atoms with Gasteiger partial charge in [-0.3, -0.25) is 0 Å². The highest BCUT2D eigenvalue weighted by atomic mass is 19.1. The summed E-state index contributed by atoms with van der Waals surface area (Å²) >= 11 is 0. The lowest BCUT2D eigenvalue weighted by Gasteiger charge is -2.14. The molecule has 6 nitrogen and oxygen atoms in total. The molecule has 1 aromatic heterocycles. The molecule has 162 valence electrons. The quantitative estimate of drug-likeness (QED) is 0.407. The molecular weight excluding hydrogens is 409 g/mol. The molecule has 0 aliphatic heterocycles. The van der Waals surface area contributed by atoms with Gasteiger partial charge in [0, 0.05) is 11.6 Å². The minimum atomic E-state index is -1.08. The zero-order valence-corrected chi connectivity index (χ0v) is 17.9. The largest absolute Gasteiger partial charge is 0.497 e. The fourth-order valence-electron chi connectivity index (χ4n) is 3.44. The number of carbonyl (C=O) groups is 1. The second kappa shape index (κ2) is 8.55. The molecule has 0 aliphatic rings. The Kier molecular flexibility index (Phi) is 5.64. The van der Waals surface area contributed by atoms with Gasteiger partial charge in [-0.05, 0) is 73.5 Å². The van der Waals surface area contributed by atoms with E-state index < -0.39 is 5.97 Å². The Bertz CT molecular complexity index is 1300. The Labute approximate surface area is 184 Å². The maximum atomic E-state index is 13.4. The van der Waals surface area contributed by atoms with Crippen LogP contribution in [-0.2, 0) is 0 Å². The number of carboxylic acids is 1. The predicted molar refractivity (Wildman–Crippen MR) is 122 cm³/mol. The number of benzene rings is 3. The van der Waals surface area contributed by atoms with Crippen LogP contribution in [0.2, 0.25) is 0 Å². The first-order valence-corrected chi connectivity index (χ1v) is 9.97. The lowest BCUT2D eigenvalue weighted by molar-refractivity contribution is 0.0697. The molecule has 0 atom stereocenters. The summed E-state index contributed by atoms with van der Waals surface area (Å²) in [6, 6.07) is 18.7. The lowest BCUT2D eigenvalue weighted by atomic mass is 10.1. The summed E-state index contributed by atoms with van der Waals surface area (Å²) < 4.78 is 20.3. The fraction of sp³-hybridized carbons (Fsp3) is 0.120. The van der Waals surface area contributed by atoms with E-state index in [2.05, 4.69) is 5.32 Å². The summed E-state index contributed by atoms with van der Waals surface area (Å²) in [7, 11) is 1.48. The number of hydrogen-bond acceptors (Lipinski definition) is 4. The van der Waals surface area contributed by atoms with Crippen molar-refractivity contribution in [3.63, 3.8) is 0 Å². The van der Waals surface area contributed by atoms with Crippen molar-refractivity contribution in [3.8, 4) is 22.7 Å². The third kappa shape index (κ3) is 4.18. The van der Waals surface area contributed by atoms with Crippen LogP contribution in [0.1, 0.15) is 21.5 Å². The van der Waals surface area contributed by atoms with Gasteiger partial charge in [-0.1, -0.05) is 12.1 Å². The van der Waals surface area contributed by atoms with E-state index in [0.29, 0.717) is 22.9 Å². The third-order valence-corrected chi connectivity index (χ3v) is 5.16. The van der Waals surface area contributed by atoms with Gasteiger partial charge in [0.25, 0.3) is 0 Å². The Morgan fingerprint density at radius 2 is 1.78 bits per heavy atom. The molecule has 0 unspecified atom stereocenters. The van der Waals surface area contributed by atoms with Gasteiger partial charge < -0.3 is 15.2 Å². The van der Waals surface area contributed by atoms with Crippen molar-refractivity contribution < 1.29 is 19.0 Å². The van der Waals surface area contributed by atoms with Crippen LogP contribution in [-0.4, -0.2) is 28.0 Å². The number of ether oxygens (including phenoxy) is 1. The average molecular weight is 431 g/mol. The predicted octanol–water partition coefficient (Wildman–Crippen LogP) is 5.75. The van der Waals surface area contributed by atoms with E-state index in [1.807, 2.05) is 38.1 Å². The molecule has 0 amide bonds. The number of anilines is 2. The van der Waals surface area contributed by atoms with Crippen molar-refractivity contribution in [1.29, 1.82) is 0 Å². The van der Waals surface area contributed by atoms with Crippen molar-refractivity contribution >= 4 is 17.5 Å². The fourth-order valence-corrected chi connectivity index (χ4v) is 3.44. The van der Waals surface area contributed by atoms with Gasteiger partial charge in [-0.25, -0.2) is 13.9 Å². The maximum Gasteiger partial charge on any atom is 0.337 e. The van der Waals surface area contributed by atoms with Gasteiger partial charge >= 0.3 is 5.97 Å². The van der Waals surface area contributed by atoms with E-state index in [1.54, 1.807) is 28.9 Å². The number of aryl methyl sites for hydroxylation is 2. The smallest absolute Gasteiger partial charge is 0.337 e. The average Bonchev–Trinajstić information content (AvgIpc) is 3.19. The molecule has 2 N–H and O–H groups in total. The lowest BCUT2D eigenvalue weighted by Crippen LogP contribution is -2.08. The van der Waals surface area contributed by atoms with E-state index >= 15 is 0 Å². The molecule has 0 saturated carbocycles. The molecule has 3 aromatic carbocycles. The van der Waals surface area contributed by atoms with E-state index in [4.69, 9.17) is 9.84 Å². The van der Waals surface area contributed by atoms with Crippen LogP contribution in [0.25, 0.3) is 16.9 Å². The normalized spacial score (nSPS) is 10.8. The zero-order valence-electron chi connectivity index (χ0n) is 17.9. The highest BCUT2D eigenvalue weighted by Crippen LogP contribution is 2.31. The molecular formula is C25H22FN3O3. The van der Waals surface area contributed by atoms with E-state index in [-0.39, 0.29) is 11.4 Å². The molecule has 0 bridgehead atoms. The van der Waals surface area contributed by atoms with Crippen molar-refractivity contribution in [3.05, 3.63) is 89.2 Å². The summed E-state index contributed by atoms with van der Waals surface area (Å²) in [4.78, 5) is 11.8.